The summed E-state index contributed by atoms with van der Waals surface area (Å²) >= 11 is 0. The zero-order valence-corrected chi connectivity index (χ0v) is 59.3. The van der Waals surface area contributed by atoms with Crippen LogP contribution in [-0.2, 0) is 0 Å². The number of nitrogens with zero attached hydrogens (tertiary/aromatic N) is 8. The van der Waals surface area contributed by atoms with E-state index in [-0.39, 0.29) is 0 Å². The molecule has 0 spiro atoms. The molecule has 22 rings (SSSR count). The molecule has 0 aliphatic rings. The summed E-state index contributed by atoms with van der Waals surface area (Å²) in [5.74, 6) is 1.97. The molecule has 0 radical (unpaired) electrons. The minimum absolute atomic E-state index is 0.489. The van der Waals surface area contributed by atoms with Crippen molar-refractivity contribution in [1.82, 2.24) is 38.7 Å². The third kappa shape index (κ3) is 11.0. The van der Waals surface area contributed by atoms with Gasteiger partial charge in [0.25, 0.3) is 0 Å². The average Bonchev–Trinajstić information content (AvgIpc) is 1.62. The Morgan fingerprint density at radius 1 is 0.145 bits per heavy atom. The fourth-order valence-corrected chi connectivity index (χ4v) is 16.2. The minimum atomic E-state index is 0.489. The zero-order valence-electron chi connectivity index (χ0n) is 59.3. The van der Waals surface area contributed by atoms with Crippen molar-refractivity contribution >= 4 is 87.2 Å². The van der Waals surface area contributed by atoms with Crippen molar-refractivity contribution in [3.8, 4) is 113 Å². The topological polar surface area (TPSA) is 97.6 Å². The van der Waals surface area contributed by atoms with Crippen LogP contribution >= 0.6 is 0 Å². The summed E-state index contributed by atoms with van der Waals surface area (Å²) in [6.07, 6.45) is 0. The Kier molecular flexibility index (Phi) is 15.3. The predicted molar refractivity (Wildman–Crippen MR) is 449 cm³/mol. The van der Waals surface area contributed by atoms with Crippen molar-refractivity contribution in [2.45, 2.75) is 0 Å². The maximum absolute atomic E-state index is 6.22. The normalized spacial score (nSPS) is 11.6. The molecule has 0 aliphatic carbocycles. The van der Waals surface area contributed by atoms with Gasteiger partial charge in [0.2, 0.25) is 23.6 Å². The van der Waals surface area contributed by atoms with E-state index in [1.165, 1.54) is 87.2 Å². The fourth-order valence-electron chi connectivity index (χ4n) is 16.2. The van der Waals surface area contributed by atoms with Gasteiger partial charge in [0, 0.05) is 88.1 Å². The Balaban J connectivity index is 0.000000140. The molecular weight excluding hydrogens is 1350 g/mol. The van der Waals surface area contributed by atoms with Crippen LogP contribution in [0.5, 0.6) is 0 Å². The van der Waals surface area contributed by atoms with Gasteiger partial charge in [-0.15, -0.1) is 20.4 Å². The number of rotatable bonds is 12. The molecule has 10 nitrogen and oxygen atoms in total. The van der Waals surface area contributed by atoms with Crippen LogP contribution in [0.1, 0.15) is 0 Å². The highest BCUT2D eigenvalue weighted by atomic mass is 16.4. The molecule has 0 bridgehead atoms. The first-order valence-corrected chi connectivity index (χ1v) is 37.0. The van der Waals surface area contributed by atoms with Gasteiger partial charge in [-0.1, -0.05) is 243 Å². The second-order valence-corrected chi connectivity index (χ2v) is 27.8. The van der Waals surface area contributed by atoms with E-state index in [0.29, 0.717) is 23.6 Å². The van der Waals surface area contributed by atoms with Gasteiger partial charge in [-0.3, -0.25) is 0 Å². The van der Waals surface area contributed by atoms with Gasteiger partial charge in [0.05, 0.1) is 44.1 Å². The van der Waals surface area contributed by atoms with Crippen molar-refractivity contribution in [2.75, 3.05) is 0 Å². The van der Waals surface area contributed by atoms with Gasteiger partial charge in [-0.05, 0) is 190 Å². The molecule has 0 saturated carbocycles. The lowest BCUT2D eigenvalue weighted by Gasteiger charge is -2.10. The number of hydrogen-bond donors (Lipinski definition) is 0. The zero-order chi connectivity index (χ0) is 72.6. The van der Waals surface area contributed by atoms with Crippen LogP contribution in [0.2, 0.25) is 0 Å². The van der Waals surface area contributed by atoms with Crippen molar-refractivity contribution in [3.63, 3.8) is 0 Å². The number of fused-ring (bicyclic) bond motifs is 12. The van der Waals surface area contributed by atoms with E-state index in [9.17, 15) is 0 Å². The van der Waals surface area contributed by atoms with Crippen molar-refractivity contribution in [3.05, 3.63) is 388 Å². The summed E-state index contributed by atoms with van der Waals surface area (Å²) in [7, 11) is 0. The first-order valence-electron chi connectivity index (χ1n) is 37.0. The Hall–Kier alpha value is -15.0. The van der Waals surface area contributed by atoms with E-state index < -0.39 is 0 Å². The lowest BCUT2D eigenvalue weighted by Crippen LogP contribution is -1.94. The van der Waals surface area contributed by atoms with Crippen LogP contribution in [0, 0.1) is 0 Å². The Bertz CT molecular complexity index is 6600. The molecule has 16 aromatic carbocycles. The monoisotopic (exact) mass is 1410 g/mol. The molecule has 0 atom stereocenters. The van der Waals surface area contributed by atoms with Crippen molar-refractivity contribution < 1.29 is 8.83 Å². The van der Waals surface area contributed by atoms with Crippen LogP contribution in [-0.4, -0.2) is 38.7 Å². The molecular formula is C100H64N8O2. The van der Waals surface area contributed by atoms with Crippen LogP contribution in [0.4, 0.5) is 0 Å². The van der Waals surface area contributed by atoms with E-state index in [1.54, 1.807) is 0 Å². The highest BCUT2D eigenvalue weighted by molar-refractivity contribution is 6.12. The van der Waals surface area contributed by atoms with E-state index >= 15 is 0 Å². The smallest absolute Gasteiger partial charge is 0.248 e. The summed E-state index contributed by atoms with van der Waals surface area (Å²) in [6.45, 7) is 0. The first kappa shape index (κ1) is 63.5. The number of hydrogen-bond acceptors (Lipinski definition) is 6. The third-order valence-corrected chi connectivity index (χ3v) is 21.5. The largest absolute Gasteiger partial charge is 0.416 e. The minimum Gasteiger partial charge on any atom is -0.416 e. The molecule has 0 saturated heterocycles. The highest BCUT2D eigenvalue weighted by Crippen LogP contribution is 2.40. The molecule has 6 aromatic heterocycles. The van der Waals surface area contributed by atoms with Gasteiger partial charge in [-0.25, -0.2) is 0 Å². The highest BCUT2D eigenvalue weighted by Gasteiger charge is 2.20. The standard InChI is InChI=1S/2C50H32N4O/c1-5-19-45-41(15-1)42-16-2-6-20-46(42)53(45)39-13-9-11-37(31-39)33-23-27-35(28-24-33)49-51-52-50(55-49)36-29-25-34(26-30-36)38-12-10-14-40(32-38)54-47-21-7-3-17-43(47)44-18-4-8-22-48(44)54;1-5-13-45-41(9-1)42-10-2-6-14-46(42)53(45)39-29-25-35(26-30-39)33-17-21-37(22-18-33)49-51-52-50(55-49)38-23-19-34(20-24-38)36-27-31-40(32-28-36)54-47-15-7-3-11-43(47)44-12-4-8-16-48(44)54/h2*1-32H. The Morgan fingerprint density at radius 2 is 0.327 bits per heavy atom. The molecule has 6 heterocycles. The third-order valence-electron chi connectivity index (χ3n) is 21.5. The van der Waals surface area contributed by atoms with Gasteiger partial charge in [0.15, 0.2) is 0 Å². The molecule has 0 unspecified atom stereocenters. The first-order chi connectivity index (χ1) is 54.5. The molecule has 22 aromatic rings. The van der Waals surface area contributed by atoms with E-state index in [2.05, 4.69) is 378 Å². The lowest BCUT2D eigenvalue weighted by atomic mass is 10.0. The predicted octanol–water partition coefficient (Wildman–Crippen LogP) is 25.9. The quantitative estimate of drug-likeness (QED) is 0.121. The molecule has 0 fully saturated rings. The van der Waals surface area contributed by atoms with E-state index in [1.807, 2.05) is 48.5 Å². The maximum atomic E-state index is 6.22. The van der Waals surface area contributed by atoms with Gasteiger partial charge in [0.1, 0.15) is 0 Å². The van der Waals surface area contributed by atoms with Gasteiger partial charge >= 0.3 is 0 Å². The van der Waals surface area contributed by atoms with Crippen LogP contribution in [0.15, 0.2) is 397 Å². The average molecular weight is 1410 g/mol. The van der Waals surface area contributed by atoms with Crippen molar-refractivity contribution in [1.29, 1.82) is 0 Å². The summed E-state index contributed by atoms with van der Waals surface area (Å²) in [4.78, 5) is 0. The second-order valence-electron chi connectivity index (χ2n) is 27.8. The molecule has 0 N–H and O–H groups in total. The van der Waals surface area contributed by atoms with E-state index in [4.69, 9.17) is 8.83 Å². The van der Waals surface area contributed by atoms with Crippen LogP contribution < -0.4 is 0 Å². The molecule has 516 valence electrons. The SMILES string of the molecule is c1cc(-c2ccc(-c3nnc(-c4ccc(-c5cccc(-n6c7ccccc7c7ccccc76)c5)cc4)o3)cc2)cc(-n2c3ccccc3c3ccccc32)c1.c1ccc2c(c1)c1ccccc1n2-c1ccc(-c2ccc(-c3nnc(-c4ccc(-c5ccc(-n6c7ccccc7c7ccccc76)cc5)cc4)o3)cc2)cc1. The Morgan fingerprint density at radius 3 is 0.555 bits per heavy atom. The second kappa shape index (κ2) is 26.5. The van der Waals surface area contributed by atoms with Gasteiger partial charge < -0.3 is 27.1 Å². The summed E-state index contributed by atoms with van der Waals surface area (Å²) in [5.41, 5.74) is 26.7. The summed E-state index contributed by atoms with van der Waals surface area (Å²) in [6, 6.07) is 137. The maximum Gasteiger partial charge on any atom is 0.248 e. The molecule has 0 amide bonds. The molecule has 10 heteroatoms. The Labute approximate surface area is 632 Å². The number of para-hydroxylation sites is 8. The number of benzene rings is 16. The molecule has 110 heavy (non-hydrogen) atoms. The van der Waals surface area contributed by atoms with Crippen LogP contribution in [0.25, 0.3) is 200 Å². The lowest BCUT2D eigenvalue weighted by molar-refractivity contribution is 0.584. The number of aromatic nitrogens is 8. The summed E-state index contributed by atoms with van der Waals surface area (Å²) in [5, 5.41) is 27.7. The fraction of sp³-hybridized carbons (Fsp3) is 0. The van der Waals surface area contributed by atoms with Crippen molar-refractivity contribution in [2.24, 2.45) is 0 Å². The van der Waals surface area contributed by atoms with E-state index in [0.717, 1.165) is 89.5 Å². The van der Waals surface area contributed by atoms with Crippen LogP contribution in [0.3, 0.4) is 0 Å². The summed E-state index contributed by atoms with van der Waals surface area (Å²) < 4.78 is 21.8. The molecule has 0 aliphatic heterocycles. The van der Waals surface area contributed by atoms with Gasteiger partial charge in [-0.2, -0.15) is 0 Å².